The molecule has 5 nitrogen and oxygen atoms in total. The largest absolute Gasteiger partial charge is 0.493 e. The summed E-state index contributed by atoms with van der Waals surface area (Å²) >= 11 is 0. The van der Waals surface area contributed by atoms with Gasteiger partial charge in [-0.2, -0.15) is 5.26 Å². The van der Waals surface area contributed by atoms with Gasteiger partial charge in [0.2, 0.25) is 0 Å². The Labute approximate surface area is 116 Å². The molecular weight excluding hydrogens is 252 g/mol. The summed E-state index contributed by atoms with van der Waals surface area (Å²) in [6.45, 7) is 0. The summed E-state index contributed by atoms with van der Waals surface area (Å²) in [4.78, 5) is 8.90. The van der Waals surface area contributed by atoms with E-state index in [0.717, 1.165) is 10.9 Å². The Kier molecular flexibility index (Phi) is 2.84. The number of hydrogen-bond acceptors (Lipinski definition) is 4. The zero-order chi connectivity index (χ0) is 14.1. The van der Waals surface area contributed by atoms with E-state index in [-0.39, 0.29) is 0 Å². The van der Waals surface area contributed by atoms with Gasteiger partial charge in [-0.25, -0.2) is 9.97 Å². The molecule has 0 spiro atoms. The van der Waals surface area contributed by atoms with Crippen LogP contribution in [0, 0.1) is 11.3 Å². The second-order valence-electron chi connectivity index (χ2n) is 4.35. The van der Waals surface area contributed by atoms with Crippen LogP contribution < -0.4 is 4.74 Å². The summed E-state index contributed by atoms with van der Waals surface area (Å²) in [5.41, 5.74) is 2.07. The molecule has 0 bridgehead atoms. The van der Waals surface area contributed by atoms with E-state index in [1.165, 1.54) is 0 Å². The Morgan fingerprint density at radius 3 is 2.65 bits per heavy atom. The number of methoxy groups -OCH3 is 1. The molecular formula is C15H12N4O. The van der Waals surface area contributed by atoms with Crippen LogP contribution >= 0.6 is 0 Å². The van der Waals surface area contributed by atoms with Crippen molar-refractivity contribution < 1.29 is 4.74 Å². The first-order valence-electron chi connectivity index (χ1n) is 6.11. The maximum atomic E-state index is 9.22. The minimum atomic E-state index is 0.446. The number of ether oxygens (including phenoxy) is 1. The van der Waals surface area contributed by atoms with E-state index in [1.54, 1.807) is 24.9 Å². The standard InChI is InChI=1S/C15H12N4O/c1-19-12(8-16)13(20-2)11-9-17-14(18-15(11)19)10-6-4-3-5-7-10/h3-7,9H,1-2H3. The second kappa shape index (κ2) is 4.67. The van der Waals surface area contributed by atoms with Gasteiger partial charge in [0, 0.05) is 18.8 Å². The van der Waals surface area contributed by atoms with E-state index in [4.69, 9.17) is 4.74 Å². The van der Waals surface area contributed by atoms with Gasteiger partial charge in [0.25, 0.3) is 0 Å². The van der Waals surface area contributed by atoms with Crippen molar-refractivity contribution in [3.63, 3.8) is 0 Å². The van der Waals surface area contributed by atoms with Crippen molar-refractivity contribution in [2.45, 2.75) is 0 Å². The van der Waals surface area contributed by atoms with Gasteiger partial charge in [0.05, 0.1) is 12.5 Å². The van der Waals surface area contributed by atoms with Crippen molar-refractivity contribution >= 4 is 11.0 Å². The quantitative estimate of drug-likeness (QED) is 0.713. The van der Waals surface area contributed by atoms with Gasteiger partial charge in [-0.3, -0.25) is 0 Å². The molecule has 1 aromatic carbocycles. The number of aryl methyl sites for hydroxylation is 1. The summed E-state index contributed by atoms with van der Waals surface area (Å²) < 4.78 is 7.02. The van der Waals surface area contributed by atoms with Crippen molar-refractivity contribution in [2.75, 3.05) is 7.11 Å². The lowest BCUT2D eigenvalue weighted by Gasteiger charge is -2.01. The maximum Gasteiger partial charge on any atom is 0.165 e. The first kappa shape index (κ1) is 12.2. The van der Waals surface area contributed by atoms with Gasteiger partial charge >= 0.3 is 0 Å². The minimum Gasteiger partial charge on any atom is -0.493 e. The number of aromatic nitrogens is 3. The molecule has 3 rings (SSSR count). The number of nitriles is 1. The molecule has 20 heavy (non-hydrogen) atoms. The van der Waals surface area contributed by atoms with Crippen molar-refractivity contribution in [2.24, 2.45) is 7.05 Å². The fourth-order valence-corrected chi connectivity index (χ4v) is 2.23. The van der Waals surface area contributed by atoms with E-state index in [0.29, 0.717) is 22.9 Å². The van der Waals surface area contributed by atoms with Gasteiger partial charge in [-0.05, 0) is 0 Å². The lowest BCUT2D eigenvalue weighted by Crippen LogP contribution is -1.95. The molecule has 2 aromatic heterocycles. The Morgan fingerprint density at radius 1 is 1.25 bits per heavy atom. The van der Waals surface area contributed by atoms with Crippen LogP contribution in [0.3, 0.4) is 0 Å². The average Bonchev–Trinajstić information content (AvgIpc) is 2.79. The summed E-state index contributed by atoms with van der Waals surface area (Å²) in [7, 11) is 3.34. The van der Waals surface area contributed by atoms with Crippen LogP contribution in [0.1, 0.15) is 5.69 Å². The summed E-state index contributed by atoms with van der Waals surface area (Å²) in [5, 5.41) is 9.96. The van der Waals surface area contributed by atoms with Crippen molar-refractivity contribution in [1.82, 2.24) is 14.5 Å². The third kappa shape index (κ3) is 1.70. The molecule has 2 heterocycles. The molecule has 0 unspecified atom stereocenters. The van der Waals surface area contributed by atoms with Crippen LogP contribution in [0.25, 0.3) is 22.4 Å². The Hall–Kier alpha value is -2.87. The topological polar surface area (TPSA) is 63.7 Å². The third-order valence-corrected chi connectivity index (χ3v) is 3.22. The third-order valence-electron chi connectivity index (χ3n) is 3.22. The first-order valence-corrected chi connectivity index (χ1v) is 6.11. The number of benzene rings is 1. The zero-order valence-corrected chi connectivity index (χ0v) is 11.2. The van der Waals surface area contributed by atoms with Gasteiger partial charge in [0.15, 0.2) is 17.3 Å². The highest BCUT2D eigenvalue weighted by atomic mass is 16.5. The molecule has 3 aromatic rings. The number of fused-ring (bicyclic) bond motifs is 1. The van der Waals surface area contributed by atoms with Crippen LogP contribution in [0.15, 0.2) is 36.5 Å². The van der Waals surface area contributed by atoms with E-state index >= 15 is 0 Å². The van der Waals surface area contributed by atoms with E-state index in [2.05, 4.69) is 16.0 Å². The molecule has 0 amide bonds. The van der Waals surface area contributed by atoms with Crippen LogP contribution in [-0.2, 0) is 7.05 Å². The van der Waals surface area contributed by atoms with Gasteiger partial charge in [-0.15, -0.1) is 0 Å². The average molecular weight is 264 g/mol. The van der Waals surface area contributed by atoms with E-state index < -0.39 is 0 Å². The monoisotopic (exact) mass is 264 g/mol. The fraction of sp³-hybridized carbons (Fsp3) is 0.133. The predicted molar refractivity (Wildman–Crippen MR) is 75.2 cm³/mol. The highest BCUT2D eigenvalue weighted by Crippen LogP contribution is 2.31. The van der Waals surface area contributed by atoms with Crippen LogP contribution in [0.2, 0.25) is 0 Å². The normalized spacial score (nSPS) is 10.4. The molecule has 0 saturated carbocycles. The predicted octanol–water partition coefficient (Wildman–Crippen LogP) is 2.52. The molecule has 0 fully saturated rings. The summed E-state index contributed by atoms with van der Waals surface area (Å²) in [6.07, 6.45) is 1.70. The number of rotatable bonds is 2. The molecule has 0 radical (unpaired) electrons. The lowest BCUT2D eigenvalue weighted by atomic mass is 10.2. The van der Waals surface area contributed by atoms with E-state index in [9.17, 15) is 5.26 Å². The molecule has 0 aliphatic rings. The van der Waals surface area contributed by atoms with E-state index in [1.807, 2.05) is 30.3 Å². The fourth-order valence-electron chi connectivity index (χ4n) is 2.23. The second-order valence-corrected chi connectivity index (χ2v) is 4.35. The summed E-state index contributed by atoms with van der Waals surface area (Å²) in [5.74, 6) is 1.15. The van der Waals surface area contributed by atoms with Crippen LogP contribution in [0.5, 0.6) is 5.75 Å². The summed E-state index contributed by atoms with van der Waals surface area (Å²) in [6, 6.07) is 11.9. The molecule has 0 N–H and O–H groups in total. The van der Waals surface area contributed by atoms with Crippen molar-refractivity contribution in [3.8, 4) is 23.2 Å². The van der Waals surface area contributed by atoms with Crippen LogP contribution in [0.4, 0.5) is 0 Å². The van der Waals surface area contributed by atoms with Crippen molar-refractivity contribution in [1.29, 1.82) is 5.26 Å². The highest BCUT2D eigenvalue weighted by Gasteiger charge is 2.17. The van der Waals surface area contributed by atoms with Gasteiger partial charge in [0.1, 0.15) is 11.7 Å². The highest BCUT2D eigenvalue weighted by molar-refractivity contribution is 5.87. The molecule has 5 heteroatoms. The van der Waals surface area contributed by atoms with Crippen molar-refractivity contribution in [3.05, 3.63) is 42.2 Å². The smallest absolute Gasteiger partial charge is 0.165 e. The first-order chi connectivity index (χ1) is 9.76. The minimum absolute atomic E-state index is 0.446. The SMILES string of the molecule is COc1c(C#N)n(C)c2nc(-c3ccccc3)ncc12. The molecule has 0 saturated heterocycles. The molecule has 0 aliphatic carbocycles. The Bertz CT molecular complexity index is 815. The lowest BCUT2D eigenvalue weighted by molar-refractivity contribution is 0.417. The number of nitrogens with zero attached hydrogens (tertiary/aromatic N) is 4. The molecule has 98 valence electrons. The van der Waals surface area contributed by atoms with Gasteiger partial charge < -0.3 is 9.30 Å². The number of hydrogen-bond donors (Lipinski definition) is 0. The molecule has 0 atom stereocenters. The Balaban J connectivity index is 2.28. The molecule has 0 aliphatic heterocycles. The van der Waals surface area contributed by atoms with Crippen LogP contribution in [-0.4, -0.2) is 21.6 Å². The zero-order valence-electron chi connectivity index (χ0n) is 11.2. The maximum absolute atomic E-state index is 9.22. The Morgan fingerprint density at radius 2 is 2.00 bits per heavy atom. The van der Waals surface area contributed by atoms with Gasteiger partial charge in [-0.1, -0.05) is 30.3 Å².